The van der Waals surface area contributed by atoms with Crippen molar-refractivity contribution < 1.29 is 4.79 Å². The van der Waals surface area contributed by atoms with Crippen LogP contribution in [0.5, 0.6) is 0 Å². The van der Waals surface area contributed by atoms with E-state index in [2.05, 4.69) is 36.5 Å². The highest BCUT2D eigenvalue weighted by Gasteiger charge is 2.26. The van der Waals surface area contributed by atoms with E-state index >= 15 is 0 Å². The van der Waals surface area contributed by atoms with Crippen LogP contribution in [0.1, 0.15) is 42.1 Å². The van der Waals surface area contributed by atoms with Gasteiger partial charge in [0.1, 0.15) is 0 Å². The van der Waals surface area contributed by atoms with Gasteiger partial charge in [0.15, 0.2) is 0 Å². The van der Waals surface area contributed by atoms with Gasteiger partial charge in [-0.15, -0.1) is 11.3 Å². The van der Waals surface area contributed by atoms with Gasteiger partial charge in [0.25, 0.3) is 0 Å². The van der Waals surface area contributed by atoms with E-state index < -0.39 is 0 Å². The summed E-state index contributed by atoms with van der Waals surface area (Å²) in [5.74, 6) is 0.297. The second-order valence-electron chi connectivity index (χ2n) is 6.69. The Morgan fingerprint density at radius 1 is 1.36 bits per heavy atom. The monoisotopic (exact) mass is 421 g/mol. The molecule has 1 saturated heterocycles. The molecule has 0 saturated carbocycles. The number of thiazole rings is 1. The summed E-state index contributed by atoms with van der Waals surface area (Å²) in [5.41, 5.74) is 2.28. The molecule has 3 rings (SSSR count). The van der Waals surface area contributed by atoms with E-state index in [1.165, 1.54) is 0 Å². The Kier molecular flexibility index (Phi) is 6.25. The molecule has 0 radical (unpaired) electrons. The highest BCUT2D eigenvalue weighted by atomic mass is 79.9. The van der Waals surface area contributed by atoms with Crippen LogP contribution in [0.4, 0.5) is 0 Å². The number of likely N-dealkylation sites (tertiary alicyclic amines) is 1. The zero-order valence-corrected chi connectivity index (χ0v) is 17.1. The number of hydrogen-bond donors (Lipinski definition) is 1. The van der Waals surface area contributed by atoms with Crippen molar-refractivity contribution in [2.24, 2.45) is 5.92 Å². The molecule has 1 aliphatic rings. The molecule has 1 N–H and O–H groups in total. The van der Waals surface area contributed by atoms with E-state index in [-0.39, 0.29) is 17.9 Å². The average Bonchev–Trinajstić information content (AvgIpc) is 3.01. The van der Waals surface area contributed by atoms with Crippen molar-refractivity contribution in [3.05, 3.63) is 50.4 Å². The van der Waals surface area contributed by atoms with Crippen LogP contribution in [0.2, 0.25) is 0 Å². The number of carbonyl (C=O) groups excluding carboxylic acids is 1. The third-order valence-electron chi connectivity index (χ3n) is 4.74. The Labute approximate surface area is 161 Å². The number of amides is 1. The Balaban J connectivity index is 1.47. The topological polar surface area (TPSA) is 45.2 Å². The van der Waals surface area contributed by atoms with Gasteiger partial charge in [0.05, 0.1) is 16.7 Å². The molecule has 1 aliphatic heterocycles. The maximum Gasteiger partial charge on any atom is 0.223 e. The number of benzene rings is 1. The summed E-state index contributed by atoms with van der Waals surface area (Å²) in [6, 6.07) is 8.16. The summed E-state index contributed by atoms with van der Waals surface area (Å²) in [5, 5.41) is 6.42. The molecule has 2 aromatic rings. The zero-order chi connectivity index (χ0) is 17.8. The smallest absolute Gasteiger partial charge is 0.223 e. The molecule has 1 fully saturated rings. The average molecular weight is 422 g/mol. The number of nitrogens with zero attached hydrogens (tertiary/aromatic N) is 2. The Hall–Kier alpha value is -1.24. The largest absolute Gasteiger partial charge is 0.349 e. The van der Waals surface area contributed by atoms with Crippen molar-refractivity contribution >= 4 is 33.2 Å². The quantitative estimate of drug-likeness (QED) is 0.782. The number of hydrogen-bond acceptors (Lipinski definition) is 4. The van der Waals surface area contributed by atoms with Crippen LogP contribution < -0.4 is 5.32 Å². The van der Waals surface area contributed by atoms with Crippen molar-refractivity contribution in [1.29, 1.82) is 0 Å². The minimum atomic E-state index is 0.0385. The molecule has 1 aromatic heterocycles. The molecule has 1 unspecified atom stereocenters. The minimum Gasteiger partial charge on any atom is -0.349 e. The summed E-state index contributed by atoms with van der Waals surface area (Å²) >= 11 is 5.14. The number of aromatic nitrogens is 1. The highest BCUT2D eigenvalue weighted by molar-refractivity contribution is 9.10. The van der Waals surface area contributed by atoms with Crippen LogP contribution in [0, 0.1) is 12.8 Å². The van der Waals surface area contributed by atoms with Gasteiger partial charge in [-0.25, -0.2) is 4.98 Å². The van der Waals surface area contributed by atoms with Crippen molar-refractivity contribution in [3.8, 4) is 0 Å². The molecule has 0 bridgehead atoms. The molecular weight excluding hydrogens is 398 g/mol. The highest BCUT2D eigenvalue weighted by Crippen LogP contribution is 2.22. The molecule has 4 nitrogen and oxygen atoms in total. The van der Waals surface area contributed by atoms with Crippen LogP contribution >= 0.6 is 27.3 Å². The zero-order valence-electron chi connectivity index (χ0n) is 14.7. The summed E-state index contributed by atoms with van der Waals surface area (Å²) in [7, 11) is 0. The first-order valence-corrected chi connectivity index (χ1v) is 10.4. The van der Waals surface area contributed by atoms with Crippen molar-refractivity contribution in [2.45, 2.75) is 39.3 Å². The lowest BCUT2D eigenvalue weighted by Gasteiger charge is -2.31. The third-order valence-corrected chi connectivity index (χ3v) is 6.09. The summed E-state index contributed by atoms with van der Waals surface area (Å²) < 4.78 is 1.05. The van der Waals surface area contributed by atoms with Gasteiger partial charge in [-0.2, -0.15) is 0 Å². The maximum atomic E-state index is 12.6. The fourth-order valence-electron chi connectivity index (χ4n) is 3.23. The van der Waals surface area contributed by atoms with Crippen molar-refractivity contribution in [3.63, 3.8) is 0 Å². The number of piperidine rings is 1. The van der Waals surface area contributed by atoms with Crippen LogP contribution in [0.25, 0.3) is 0 Å². The number of nitrogens with one attached hydrogen (secondary N) is 1. The first-order valence-electron chi connectivity index (χ1n) is 8.70. The van der Waals surface area contributed by atoms with Gasteiger partial charge >= 0.3 is 0 Å². The molecule has 134 valence electrons. The fourth-order valence-corrected chi connectivity index (χ4v) is 4.10. The van der Waals surface area contributed by atoms with Gasteiger partial charge in [-0.05, 0) is 57.5 Å². The van der Waals surface area contributed by atoms with Gasteiger partial charge in [0.2, 0.25) is 5.91 Å². The number of aryl methyl sites for hydroxylation is 1. The molecule has 0 aliphatic carbocycles. The Bertz CT molecular complexity index is 708. The Morgan fingerprint density at radius 3 is 2.64 bits per heavy atom. The van der Waals surface area contributed by atoms with Crippen molar-refractivity contribution in [2.75, 3.05) is 13.1 Å². The third kappa shape index (κ3) is 5.12. The van der Waals surface area contributed by atoms with E-state index in [9.17, 15) is 4.79 Å². The number of carbonyl (C=O) groups is 1. The summed E-state index contributed by atoms with van der Waals surface area (Å²) in [6.07, 6.45) is 1.84. The first-order chi connectivity index (χ1) is 12.0. The predicted molar refractivity (Wildman–Crippen MR) is 106 cm³/mol. The lowest BCUT2D eigenvalue weighted by Crippen LogP contribution is -2.40. The van der Waals surface area contributed by atoms with Crippen LogP contribution in [0.15, 0.2) is 34.1 Å². The van der Waals surface area contributed by atoms with Crippen LogP contribution in [-0.2, 0) is 11.3 Å². The van der Waals surface area contributed by atoms with E-state index in [1.54, 1.807) is 11.3 Å². The fraction of sp³-hybridized carbons (Fsp3) is 0.474. The molecule has 25 heavy (non-hydrogen) atoms. The van der Waals surface area contributed by atoms with Crippen molar-refractivity contribution in [1.82, 2.24) is 15.2 Å². The summed E-state index contributed by atoms with van der Waals surface area (Å²) in [4.78, 5) is 19.5. The van der Waals surface area contributed by atoms with Crippen LogP contribution in [0.3, 0.4) is 0 Å². The van der Waals surface area contributed by atoms with E-state index in [1.807, 2.05) is 38.1 Å². The maximum absolute atomic E-state index is 12.6. The normalized spacial score (nSPS) is 17.4. The van der Waals surface area contributed by atoms with E-state index in [0.29, 0.717) is 0 Å². The molecule has 1 atom stereocenters. The summed E-state index contributed by atoms with van der Waals surface area (Å²) in [6.45, 7) is 6.90. The minimum absolute atomic E-state index is 0.0385. The second kappa shape index (κ2) is 8.43. The van der Waals surface area contributed by atoms with Gasteiger partial charge in [-0.3, -0.25) is 9.69 Å². The molecule has 1 amide bonds. The first kappa shape index (κ1) is 18.5. The van der Waals surface area contributed by atoms with Gasteiger partial charge in [0, 0.05) is 22.3 Å². The van der Waals surface area contributed by atoms with Gasteiger partial charge < -0.3 is 5.32 Å². The molecule has 2 heterocycles. The second-order valence-corrected chi connectivity index (χ2v) is 8.67. The molecular formula is C19H24BrN3OS. The number of halogens is 1. The van der Waals surface area contributed by atoms with Crippen LogP contribution in [-0.4, -0.2) is 28.9 Å². The predicted octanol–water partition coefficient (Wildman–Crippen LogP) is 4.30. The molecule has 1 aromatic carbocycles. The SMILES string of the molecule is Cc1nc(CN2CCC(C(=O)NC(C)c3ccc(Br)cc3)CC2)cs1. The Morgan fingerprint density at radius 2 is 2.04 bits per heavy atom. The van der Waals surface area contributed by atoms with E-state index in [0.717, 1.165) is 53.2 Å². The molecule has 6 heteroatoms. The lowest BCUT2D eigenvalue weighted by molar-refractivity contribution is -0.127. The lowest BCUT2D eigenvalue weighted by atomic mass is 9.95. The van der Waals surface area contributed by atoms with E-state index in [4.69, 9.17) is 0 Å². The molecule has 0 spiro atoms. The standard InChI is InChI=1S/C19H24BrN3OS/c1-13(15-3-5-17(20)6-4-15)21-19(24)16-7-9-23(10-8-16)11-18-12-25-14(2)22-18/h3-6,12-13,16H,7-11H2,1-2H3,(H,21,24). The number of rotatable bonds is 5. The van der Waals surface area contributed by atoms with Gasteiger partial charge in [-0.1, -0.05) is 28.1 Å².